The maximum Gasteiger partial charge on any atom is 0.219 e. The van der Waals surface area contributed by atoms with E-state index in [1.807, 2.05) is 18.2 Å². The average Bonchev–Trinajstić information content (AvgIpc) is 3.11. The van der Waals surface area contributed by atoms with Crippen molar-refractivity contribution in [2.45, 2.75) is 30.7 Å². The van der Waals surface area contributed by atoms with Crippen LogP contribution in [0.25, 0.3) is 5.69 Å². The first-order chi connectivity index (χ1) is 10.9. The molecule has 0 spiro atoms. The Morgan fingerprint density at radius 1 is 1.30 bits per heavy atom. The SMILES string of the molecule is N#CN1Cc2cnn(-c3cccc(C4(S(N)(=O)=O)CC4)c3)c2C1. The van der Waals surface area contributed by atoms with Gasteiger partial charge < -0.3 is 4.90 Å². The second-order valence-corrected chi connectivity index (χ2v) is 7.95. The molecule has 2 heterocycles. The van der Waals surface area contributed by atoms with Crippen LogP contribution in [0.5, 0.6) is 0 Å². The van der Waals surface area contributed by atoms with Crippen LogP contribution in [0.1, 0.15) is 29.7 Å². The molecule has 0 saturated heterocycles. The van der Waals surface area contributed by atoms with E-state index >= 15 is 0 Å². The minimum atomic E-state index is -3.64. The van der Waals surface area contributed by atoms with Crippen LogP contribution in [0, 0.1) is 11.5 Å². The third-order valence-corrected chi connectivity index (χ3v) is 6.40. The molecule has 1 saturated carbocycles. The van der Waals surface area contributed by atoms with Gasteiger partial charge in [0.2, 0.25) is 10.0 Å². The molecule has 1 aromatic carbocycles. The van der Waals surface area contributed by atoms with E-state index in [0.717, 1.165) is 16.9 Å². The molecule has 7 nitrogen and oxygen atoms in total. The van der Waals surface area contributed by atoms with Gasteiger partial charge in [-0.15, -0.1) is 0 Å². The molecule has 0 radical (unpaired) electrons. The molecule has 2 aliphatic rings. The Hall–Kier alpha value is -2.37. The normalized spacial score (nSPS) is 18.5. The molecule has 2 N–H and O–H groups in total. The number of hydrogen-bond donors (Lipinski definition) is 1. The fourth-order valence-electron chi connectivity index (χ4n) is 3.22. The molecule has 1 aromatic heterocycles. The number of hydrogen-bond acceptors (Lipinski definition) is 5. The molecule has 1 aliphatic carbocycles. The summed E-state index contributed by atoms with van der Waals surface area (Å²) in [6, 6.07) is 7.33. The summed E-state index contributed by atoms with van der Waals surface area (Å²) in [5.74, 6) is 0. The van der Waals surface area contributed by atoms with Crippen LogP contribution >= 0.6 is 0 Å². The van der Waals surface area contributed by atoms with Crippen molar-refractivity contribution in [3.63, 3.8) is 0 Å². The maximum atomic E-state index is 11.9. The van der Waals surface area contributed by atoms with Crippen molar-refractivity contribution in [1.82, 2.24) is 14.7 Å². The molecule has 0 bridgehead atoms. The van der Waals surface area contributed by atoms with Crippen molar-refractivity contribution >= 4 is 10.0 Å². The van der Waals surface area contributed by atoms with Gasteiger partial charge >= 0.3 is 0 Å². The summed E-state index contributed by atoms with van der Waals surface area (Å²) >= 11 is 0. The summed E-state index contributed by atoms with van der Waals surface area (Å²) < 4.78 is 24.6. The van der Waals surface area contributed by atoms with E-state index in [2.05, 4.69) is 11.3 Å². The lowest BCUT2D eigenvalue weighted by Crippen LogP contribution is -2.28. The first-order valence-corrected chi connectivity index (χ1v) is 8.83. The minimum Gasteiger partial charge on any atom is -0.300 e. The van der Waals surface area contributed by atoms with Crippen LogP contribution in [0.3, 0.4) is 0 Å². The van der Waals surface area contributed by atoms with Crippen molar-refractivity contribution in [3.8, 4) is 11.9 Å². The molecule has 2 aromatic rings. The van der Waals surface area contributed by atoms with E-state index in [1.165, 1.54) is 0 Å². The van der Waals surface area contributed by atoms with Crippen LogP contribution in [0.2, 0.25) is 0 Å². The predicted octanol–water partition coefficient (Wildman–Crippen LogP) is 0.947. The van der Waals surface area contributed by atoms with E-state index in [0.29, 0.717) is 31.5 Å². The number of nitrogens with zero attached hydrogens (tertiary/aromatic N) is 4. The van der Waals surface area contributed by atoms with Crippen LogP contribution in [0.15, 0.2) is 30.5 Å². The van der Waals surface area contributed by atoms with Gasteiger partial charge in [0.05, 0.1) is 30.7 Å². The third kappa shape index (κ3) is 2.04. The van der Waals surface area contributed by atoms with E-state index in [9.17, 15) is 8.42 Å². The lowest BCUT2D eigenvalue weighted by atomic mass is 10.1. The molecule has 4 rings (SSSR count). The Morgan fingerprint density at radius 2 is 2.09 bits per heavy atom. The van der Waals surface area contributed by atoms with E-state index in [4.69, 9.17) is 10.4 Å². The molecule has 1 aliphatic heterocycles. The fourth-order valence-corrected chi connectivity index (χ4v) is 4.34. The highest BCUT2D eigenvalue weighted by Crippen LogP contribution is 2.51. The zero-order chi connectivity index (χ0) is 16.2. The summed E-state index contributed by atoms with van der Waals surface area (Å²) in [4.78, 5) is 1.65. The zero-order valence-electron chi connectivity index (χ0n) is 12.3. The number of nitriles is 1. The lowest BCUT2D eigenvalue weighted by Gasteiger charge is -2.15. The standard InChI is InChI=1S/C15H15N5O2S/c16-10-19-8-11-7-18-20(14(11)9-19)13-3-1-2-12(6-13)15(4-5-15)23(17,21)22/h1-3,6-7H,4-5,8-9H2,(H2,17,21,22). The number of aromatic nitrogens is 2. The predicted molar refractivity (Wildman–Crippen MR) is 82.4 cm³/mol. The number of benzene rings is 1. The Labute approximate surface area is 134 Å². The van der Waals surface area contributed by atoms with Gasteiger partial charge in [-0.1, -0.05) is 12.1 Å². The Balaban J connectivity index is 1.77. The zero-order valence-corrected chi connectivity index (χ0v) is 13.1. The molecule has 1 fully saturated rings. The molecular weight excluding hydrogens is 314 g/mol. The molecule has 0 unspecified atom stereocenters. The summed E-state index contributed by atoms with van der Waals surface area (Å²) in [6.45, 7) is 1.07. The van der Waals surface area contributed by atoms with Gasteiger partial charge in [0.25, 0.3) is 0 Å². The Bertz CT molecular complexity index is 937. The Kier molecular flexibility index (Phi) is 2.83. The van der Waals surface area contributed by atoms with Crippen LogP contribution in [-0.2, 0) is 27.9 Å². The van der Waals surface area contributed by atoms with Gasteiger partial charge in [0.15, 0.2) is 6.19 Å². The van der Waals surface area contributed by atoms with Gasteiger partial charge in [-0.05, 0) is 30.5 Å². The minimum absolute atomic E-state index is 0.510. The fraction of sp³-hybridized carbons (Fsp3) is 0.333. The molecule has 0 atom stereocenters. The molecular formula is C15H15N5O2S. The molecule has 8 heteroatoms. The number of fused-ring (bicyclic) bond motifs is 1. The number of sulfonamides is 1. The highest BCUT2D eigenvalue weighted by atomic mass is 32.2. The largest absolute Gasteiger partial charge is 0.300 e. The van der Waals surface area contributed by atoms with Gasteiger partial charge in [0, 0.05) is 5.56 Å². The molecule has 0 amide bonds. The number of rotatable bonds is 3. The van der Waals surface area contributed by atoms with Crippen molar-refractivity contribution in [2.24, 2.45) is 5.14 Å². The number of primary sulfonamides is 1. The van der Waals surface area contributed by atoms with Gasteiger partial charge in [-0.25, -0.2) is 18.2 Å². The van der Waals surface area contributed by atoms with Crippen molar-refractivity contribution in [3.05, 3.63) is 47.3 Å². The van der Waals surface area contributed by atoms with Crippen LogP contribution in [-0.4, -0.2) is 23.1 Å². The Morgan fingerprint density at radius 3 is 2.74 bits per heavy atom. The third-order valence-electron chi connectivity index (χ3n) is 4.66. The average molecular weight is 329 g/mol. The molecule has 23 heavy (non-hydrogen) atoms. The summed E-state index contributed by atoms with van der Waals surface area (Å²) in [7, 11) is -3.64. The van der Waals surface area contributed by atoms with Crippen molar-refractivity contribution in [2.75, 3.05) is 0 Å². The summed E-state index contributed by atoms with van der Waals surface area (Å²) in [5, 5.41) is 18.8. The van der Waals surface area contributed by atoms with E-state index in [1.54, 1.807) is 21.8 Å². The second kappa shape index (κ2) is 4.57. The van der Waals surface area contributed by atoms with Gasteiger partial charge in [-0.2, -0.15) is 10.4 Å². The van der Waals surface area contributed by atoms with Gasteiger partial charge in [0.1, 0.15) is 4.75 Å². The first-order valence-electron chi connectivity index (χ1n) is 7.28. The summed E-state index contributed by atoms with van der Waals surface area (Å²) in [6.07, 6.45) is 4.99. The highest BCUT2D eigenvalue weighted by molar-refractivity contribution is 7.90. The van der Waals surface area contributed by atoms with Crippen molar-refractivity contribution in [1.29, 1.82) is 5.26 Å². The second-order valence-electron chi connectivity index (χ2n) is 6.07. The first kappa shape index (κ1) is 14.2. The van der Waals surface area contributed by atoms with Gasteiger partial charge in [-0.3, -0.25) is 0 Å². The highest BCUT2D eigenvalue weighted by Gasteiger charge is 2.54. The van der Waals surface area contributed by atoms with Crippen LogP contribution in [0.4, 0.5) is 0 Å². The maximum absolute atomic E-state index is 11.9. The lowest BCUT2D eigenvalue weighted by molar-refractivity contribution is 0.408. The molecule has 118 valence electrons. The summed E-state index contributed by atoms with van der Waals surface area (Å²) in [5.41, 5.74) is 3.48. The topological polar surface area (TPSA) is 105 Å². The monoisotopic (exact) mass is 329 g/mol. The van der Waals surface area contributed by atoms with Crippen molar-refractivity contribution < 1.29 is 8.42 Å². The number of nitrogens with two attached hydrogens (primary N) is 1. The van der Waals surface area contributed by atoms with E-state index < -0.39 is 14.8 Å². The van der Waals surface area contributed by atoms with E-state index in [-0.39, 0.29) is 0 Å². The van der Waals surface area contributed by atoms with Crippen LogP contribution < -0.4 is 5.14 Å². The smallest absolute Gasteiger partial charge is 0.219 e. The quantitative estimate of drug-likeness (QED) is 0.844.